The maximum absolute atomic E-state index is 10.9. The Hall–Kier alpha value is -2.29. The van der Waals surface area contributed by atoms with Gasteiger partial charge < -0.3 is 10.1 Å². The lowest BCUT2D eigenvalue weighted by Crippen LogP contribution is -2.05. The van der Waals surface area contributed by atoms with Crippen LogP contribution in [-0.2, 0) is 4.79 Å². The van der Waals surface area contributed by atoms with Gasteiger partial charge in [-0.15, -0.1) is 0 Å². The number of methoxy groups -OCH3 is 1. The van der Waals surface area contributed by atoms with Crippen LogP contribution >= 0.6 is 0 Å². The Labute approximate surface area is 106 Å². The molecule has 2 aromatic rings. The number of hydrogen-bond acceptors (Lipinski definition) is 2. The van der Waals surface area contributed by atoms with E-state index in [1.165, 1.54) is 6.92 Å². The van der Waals surface area contributed by atoms with E-state index >= 15 is 0 Å². The molecule has 2 rings (SSSR count). The summed E-state index contributed by atoms with van der Waals surface area (Å²) in [5, 5.41) is 2.74. The Balaban J connectivity index is 2.31. The summed E-state index contributed by atoms with van der Waals surface area (Å²) in [6.07, 6.45) is 0. The number of amides is 1. The van der Waals surface area contributed by atoms with Gasteiger partial charge in [0.1, 0.15) is 5.75 Å². The molecule has 0 aromatic heterocycles. The molecule has 0 atom stereocenters. The number of ether oxygens (including phenoxy) is 1. The molecule has 0 radical (unpaired) electrons. The summed E-state index contributed by atoms with van der Waals surface area (Å²) >= 11 is 0. The largest absolute Gasteiger partial charge is 0.496 e. The third kappa shape index (κ3) is 2.69. The smallest absolute Gasteiger partial charge is 0.221 e. The van der Waals surface area contributed by atoms with Crippen LogP contribution in [0, 0.1) is 0 Å². The van der Waals surface area contributed by atoms with Crippen molar-refractivity contribution in [3.63, 3.8) is 0 Å². The standard InChI is InChI=1S/C15H15NO2/c1-11(17)16-13-9-7-12(8-10-13)14-5-3-4-6-15(14)18-2/h3-10H,1-2H3,(H,16,17). The number of para-hydroxylation sites is 1. The van der Waals surface area contributed by atoms with Gasteiger partial charge in [-0.3, -0.25) is 4.79 Å². The predicted octanol–water partition coefficient (Wildman–Crippen LogP) is 3.32. The minimum absolute atomic E-state index is 0.0694. The Morgan fingerprint density at radius 3 is 2.33 bits per heavy atom. The van der Waals surface area contributed by atoms with Crippen LogP contribution in [0.15, 0.2) is 48.5 Å². The SMILES string of the molecule is COc1ccccc1-c1ccc(NC(C)=O)cc1. The van der Waals surface area contributed by atoms with Crippen molar-refractivity contribution in [2.75, 3.05) is 12.4 Å². The molecule has 3 nitrogen and oxygen atoms in total. The number of anilines is 1. The van der Waals surface area contributed by atoms with Gasteiger partial charge in [0.25, 0.3) is 0 Å². The average molecular weight is 241 g/mol. The van der Waals surface area contributed by atoms with Crippen molar-refractivity contribution in [1.29, 1.82) is 0 Å². The van der Waals surface area contributed by atoms with Gasteiger partial charge in [0.15, 0.2) is 0 Å². The van der Waals surface area contributed by atoms with Crippen molar-refractivity contribution >= 4 is 11.6 Å². The van der Waals surface area contributed by atoms with E-state index < -0.39 is 0 Å². The van der Waals surface area contributed by atoms with Gasteiger partial charge in [0.05, 0.1) is 7.11 Å². The summed E-state index contributed by atoms with van der Waals surface area (Å²) in [7, 11) is 1.66. The summed E-state index contributed by atoms with van der Waals surface area (Å²) in [6.45, 7) is 1.49. The molecule has 0 bridgehead atoms. The Bertz CT molecular complexity index is 547. The van der Waals surface area contributed by atoms with Crippen LogP contribution in [0.3, 0.4) is 0 Å². The number of carbonyl (C=O) groups excluding carboxylic acids is 1. The van der Waals surface area contributed by atoms with Gasteiger partial charge >= 0.3 is 0 Å². The van der Waals surface area contributed by atoms with Crippen molar-refractivity contribution in [3.05, 3.63) is 48.5 Å². The van der Waals surface area contributed by atoms with E-state index in [-0.39, 0.29) is 5.91 Å². The quantitative estimate of drug-likeness (QED) is 0.895. The highest BCUT2D eigenvalue weighted by molar-refractivity contribution is 5.89. The molecule has 0 fully saturated rings. The van der Waals surface area contributed by atoms with Crippen molar-refractivity contribution in [1.82, 2.24) is 0 Å². The van der Waals surface area contributed by atoms with Gasteiger partial charge in [-0.05, 0) is 23.8 Å². The number of carbonyl (C=O) groups is 1. The van der Waals surface area contributed by atoms with Gasteiger partial charge in [-0.2, -0.15) is 0 Å². The second-order valence-electron chi connectivity index (χ2n) is 3.96. The third-order valence-corrected chi connectivity index (χ3v) is 2.62. The monoisotopic (exact) mass is 241 g/mol. The van der Waals surface area contributed by atoms with E-state index in [1.807, 2.05) is 48.5 Å². The zero-order chi connectivity index (χ0) is 13.0. The van der Waals surface area contributed by atoms with Crippen LogP contribution in [0.2, 0.25) is 0 Å². The molecule has 1 N–H and O–H groups in total. The summed E-state index contributed by atoms with van der Waals surface area (Å²) in [5.74, 6) is 0.768. The molecule has 0 saturated heterocycles. The van der Waals surface area contributed by atoms with Gasteiger partial charge in [-0.1, -0.05) is 30.3 Å². The maximum atomic E-state index is 10.9. The molecule has 0 aliphatic carbocycles. The van der Waals surface area contributed by atoms with Crippen molar-refractivity contribution in [2.45, 2.75) is 6.92 Å². The highest BCUT2D eigenvalue weighted by atomic mass is 16.5. The Kier molecular flexibility index (Phi) is 3.63. The minimum Gasteiger partial charge on any atom is -0.496 e. The van der Waals surface area contributed by atoms with Crippen LogP contribution in [0.4, 0.5) is 5.69 Å². The lowest BCUT2D eigenvalue weighted by molar-refractivity contribution is -0.114. The van der Waals surface area contributed by atoms with Gasteiger partial charge in [-0.25, -0.2) is 0 Å². The first-order chi connectivity index (χ1) is 8.70. The fraction of sp³-hybridized carbons (Fsp3) is 0.133. The highest BCUT2D eigenvalue weighted by Gasteiger charge is 2.04. The lowest BCUT2D eigenvalue weighted by Gasteiger charge is -2.09. The highest BCUT2D eigenvalue weighted by Crippen LogP contribution is 2.30. The Morgan fingerprint density at radius 1 is 1.06 bits per heavy atom. The van der Waals surface area contributed by atoms with E-state index in [0.717, 1.165) is 22.6 Å². The molecule has 3 heteroatoms. The van der Waals surface area contributed by atoms with E-state index in [0.29, 0.717) is 0 Å². The van der Waals surface area contributed by atoms with Crippen LogP contribution in [-0.4, -0.2) is 13.0 Å². The molecule has 2 aromatic carbocycles. The first-order valence-electron chi connectivity index (χ1n) is 5.72. The van der Waals surface area contributed by atoms with Crippen molar-refractivity contribution in [2.24, 2.45) is 0 Å². The summed E-state index contributed by atoms with van der Waals surface area (Å²) in [6, 6.07) is 15.5. The second kappa shape index (κ2) is 5.36. The molecule has 0 spiro atoms. The molecule has 0 saturated carbocycles. The molecule has 0 heterocycles. The normalized spacial score (nSPS) is 9.89. The molecule has 0 aliphatic rings. The molecule has 18 heavy (non-hydrogen) atoms. The summed E-state index contributed by atoms with van der Waals surface area (Å²) in [4.78, 5) is 10.9. The first kappa shape index (κ1) is 12.2. The molecule has 0 unspecified atom stereocenters. The first-order valence-corrected chi connectivity index (χ1v) is 5.72. The Morgan fingerprint density at radius 2 is 1.72 bits per heavy atom. The molecular formula is C15H15NO2. The number of rotatable bonds is 3. The van der Waals surface area contributed by atoms with E-state index in [1.54, 1.807) is 7.11 Å². The topological polar surface area (TPSA) is 38.3 Å². The second-order valence-corrected chi connectivity index (χ2v) is 3.96. The molecule has 1 amide bonds. The number of hydrogen-bond donors (Lipinski definition) is 1. The van der Waals surface area contributed by atoms with Crippen LogP contribution in [0.5, 0.6) is 5.75 Å². The van der Waals surface area contributed by atoms with Crippen LogP contribution in [0.25, 0.3) is 11.1 Å². The fourth-order valence-corrected chi connectivity index (χ4v) is 1.82. The fourth-order valence-electron chi connectivity index (χ4n) is 1.82. The van der Waals surface area contributed by atoms with Crippen molar-refractivity contribution in [3.8, 4) is 16.9 Å². The molecule has 0 aliphatic heterocycles. The zero-order valence-electron chi connectivity index (χ0n) is 10.4. The maximum Gasteiger partial charge on any atom is 0.221 e. The molecular weight excluding hydrogens is 226 g/mol. The van der Waals surface area contributed by atoms with Crippen LogP contribution < -0.4 is 10.1 Å². The number of nitrogens with one attached hydrogen (secondary N) is 1. The minimum atomic E-state index is -0.0694. The average Bonchev–Trinajstić information content (AvgIpc) is 2.39. The van der Waals surface area contributed by atoms with E-state index in [9.17, 15) is 4.79 Å². The predicted molar refractivity (Wildman–Crippen MR) is 72.7 cm³/mol. The summed E-state index contributed by atoms with van der Waals surface area (Å²) in [5.41, 5.74) is 2.89. The van der Waals surface area contributed by atoms with Gasteiger partial charge in [0, 0.05) is 18.2 Å². The zero-order valence-corrected chi connectivity index (χ0v) is 10.4. The molecule has 92 valence electrons. The lowest BCUT2D eigenvalue weighted by atomic mass is 10.0. The third-order valence-electron chi connectivity index (χ3n) is 2.62. The number of benzene rings is 2. The van der Waals surface area contributed by atoms with Crippen LogP contribution in [0.1, 0.15) is 6.92 Å². The summed E-state index contributed by atoms with van der Waals surface area (Å²) < 4.78 is 5.32. The van der Waals surface area contributed by atoms with E-state index in [4.69, 9.17) is 4.74 Å². The van der Waals surface area contributed by atoms with Gasteiger partial charge in [0.2, 0.25) is 5.91 Å². The van der Waals surface area contributed by atoms with E-state index in [2.05, 4.69) is 5.32 Å². The van der Waals surface area contributed by atoms with Crippen molar-refractivity contribution < 1.29 is 9.53 Å².